The predicted molar refractivity (Wildman–Crippen MR) is 71.6 cm³/mol. The lowest BCUT2D eigenvalue weighted by atomic mass is 10.0. The number of fused-ring (bicyclic) bond motifs is 1. The molecule has 2 aliphatic rings. The van der Waals surface area contributed by atoms with E-state index in [1.807, 2.05) is 36.1 Å². The molecule has 2 saturated heterocycles. The van der Waals surface area contributed by atoms with Crippen molar-refractivity contribution >= 4 is 11.7 Å². The molecular weight excluding hydrogens is 226 g/mol. The van der Waals surface area contributed by atoms with E-state index in [4.69, 9.17) is 0 Å². The van der Waals surface area contributed by atoms with Gasteiger partial charge in [0.15, 0.2) is 0 Å². The van der Waals surface area contributed by atoms with E-state index in [2.05, 4.69) is 10.6 Å². The molecule has 0 unspecified atom stereocenters. The number of rotatable bonds is 1. The van der Waals surface area contributed by atoms with Gasteiger partial charge in [-0.05, 0) is 36.5 Å². The molecule has 96 valence electrons. The summed E-state index contributed by atoms with van der Waals surface area (Å²) in [4.78, 5) is 14.1. The van der Waals surface area contributed by atoms with Crippen molar-refractivity contribution in [1.29, 1.82) is 0 Å². The summed E-state index contributed by atoms with van der Waals surface area (Å²) >= 11 is 0. The first-order valence-electron chi connectivity index (χ1n) is 6.55. The van der Waals surface area contributed by atoms with Crippen molar-refractivity contribution in [2.24, 2.45) is 11.8 Å². The number of likely N-dealkylation sites (tertiary alicyclic amines) is 1. The number of urea groups is 1. The minimum Gasteiger partial charge on any atom is -0.324 e. The Morgan fingerprint density at radius 2 is 2.06 bits per heavy atom. The third-order valence-electron chi connectivity index (χ3n) is 3.95. The van der Waals surface area contributed by atoms with Gasteiger partial charge in [0, 0.05) is 31.9 Å². The van der Waals surface area contributed by atoms with Crippen LogP contribution in [0.25, 0.3) is 0 Å². The van der Waals surface area contributed by atoms with Crippen LogP contribution in [0.3, 0.4) is 0 Å². The molecule has 0 bridgehead atoms. The standard InChI is InChI=1S/C14H19N3O/c1-10-3-2-4-13(5-10)16-14(18)17-8-11-6-15-7-12(11)9-17/h2-5,11-12,15H,6-9H2,1H3,(H,16,18)/t11-,12+. The lowest BCUT2D eigenvalue weighted by Crippen LogP contribution is -2.35. The molecule has 2 atom stereocenters. The van der Waals surface area contributed by atoms with E-state index in [9.17, 15) is 4.79 Å². The van der Waals surface area contributed by atoms with Crippen LogP contribution < -0.4 is 10.6 Å². The van der Waals surface area contributed by atoms with Crippen LogP contribution >= 0.6 is 0 Å². The average molecular weight is 245 g/mol. The molecule has 0 radical (unpaired) electrons. The molecule has 0 spiro atoms. The molecule has 4 heteroatoms. The zero-order chi connectivity index (χ0) is 12.5. The lowest BCUT2D eigenvalue weighted by Gasteiger charge is -2.18. The number of nitrogens with one attached hydrogen (secondary N) is 2. The van der Waals surface area contributed by atoms with E-state index in [0.29, 0.717) is 11.8 Å². The second-order valence-electron chi connectivity index (χ2n) is 5.38. The van der Waals surface area contributed by atoms with Gasteiger partial charge in [0.05, 0.1) is 0 Å². The van der Waals surface area contributed by atoms with Crippen LogP contribution in [0, 0.1) is 18.8 Å². The van der Waals surface area contributed by atoms with E-state index in [1.54, 1.807) is 0 Å². The van der Waals surface area contributed by atoms with Crippen molar-refractivity contribution in [2.75, 3.05) is 31.5 Å². The van der Waals surface area contributed by atoms with Gasteiger partial charge in [-0.25, -0.2) is 4.79 Å². The fourth-order valence-corrected chi connectivity index (χ4v) is 2.95. The Morgan fingerprint density at radius 3 is 2.72 bits per heavy atom. The van der Waals surface area contributed by atoms with Crippen molar-refractivity contribution in [1.82, 2.24) is 10.2 Å². The molecular formula is C14H19N3O. The van der Waals surface area contributed by atoms with Gasteiger partial charge in [-0.15, -0.1) is 0 Å². The van der Waals surface area contributed by atoms with Gasteiger partial charge in [-0.1, -0.05) is 12.1 Å². The third kappa shape index (κ3) is 2.20. The molecule has 0 aliphatic carbocycles. The van der Waals surface area contributed by atoms with Gasteiger partial charge in [0.25, 0.3) is 0 Å². The van der Waals surface area contributed by atoms with Crippen LogP contribution in [0.5, 0.6) is 0 Å². The van der Waals surface area contributed by atoms with Crippen LogP contribution in [0.4, 0.5) is 10.5 Å². The highest BCUT2D eigenvalue weighted by Gasteiger charge is 2.37. The second-order valence-corrected chi connectivity index (χ2v) is 5.38. The SMILES string of the molecule is Cc1cccc(NC(=O)N2C[C@H]3CNC[C@H]3C2)c1. The lowest BCUT2D eigenvalue weighted by molar-refractivity contribution is 0.219. The summed E-state index contributed by atoms with van der Waals surface area (Å²) in [6.45, 7) is 5.91. The summed E-state index contributed by atoms with van der Waals surface area (Å²) in [5.74, 6) is 1.29. The maximum Gasteiger partial charge on any atom is 0.321 e. The fourth-order valence-electron chi connectivity index (χ4n) is 2.95. The van der Waals surface area contributed by atoms with Crippen LogP contribution in [0.1, 0.15) is 5.56 Å². The van der Waals surface area contributed by atoms with Gasteiger partial charge in [-0.3, -0.25) is 0 Å². The van der Waals surface area contributed by atoms with Crippen LogP contribution in [0.2, 0.25) is 0 Å². The Balaban J connectivity index is 1.62. The number of nitrogens with zero attached hydrogens (tertiary/aromatic N) is 1. The number of hydrogen-bond acceptors (Lipinski definition) is 2. The molecule has 2 N–H and O–H groups in total. The predicted octanol–water partition coefficient (Wildman–Crippen LogP) is 1.68. The molecule has 18 heavy (non-hydrogen) atoms. The molecule has 2 fully saturated rings. The Bertz CT molecular complexity index is 448. The van der Waals surface area contributed by atoms with Crippen LogP contribution in [-0.2, 0) is 0 Å². The normalized spacial score (nSPS) is 26.2. The van der Waals surface area contributed by atoms with Gasteiger partial charge >= 0.3 is 6.03 Å². The first-order valence-corrected chi connectivity index (χ1v) is 6.55. The summed E-state index contributed by atoms with van der Waals surface area (Å²) in [5.41, 5.74) is 2.05. The molecule has 2 amide bonds. The molecule has 1 aromatic carbocycles. The molecule has 0 aromatic heterocycles. The van der Waals surface area contributed by atoms with Gasteiger partial charge in [0.2, 0.25) is 0 Å². The van der Waals surface area contributed by atoms with E-state index >= 15 is 0 Å². The third-order valence-corrected chi connectivity index (χ3v) is 3.95. The molecule has 2 heterocycles. The maximum atomic E-state index is 12.2. The largest absolute Gasteiger partial charge is 0.324 e. The second kappa shape index (κ2) is 4.61. The average Bonchev–Trinajstić information content (AvgIpc) is 2.88. The van der Waals surface area contributed by atoms with Gasteiger partial charge < -0.3 is 15.5 Å². The van der Waals surface area contributed by atoms with Crippen molar-refractivity contribution in [3.8, 4) is 0 Å². The van der Waals surface area contributed by atoms with Crippen LogP contribution in [-0.4, -0.2) is 37.1 Å². The highest BCUT2D eigenvalue weighted by molar-refractivity contribution is 5.89. The summed E-state index contributed by atoms with van der Waals surface area (Å²) in [6, 6.07) is 7.96. The van der Waals surface area contributed by atoms with Crippen molar-refractivity contribution < 1.29 is 4.79 Å². The molecule has 0 saturated carbocycles. The smallest absolute Gasteiger partial charge is 0.321 e. The van der Waals surface area contributed by atoms with Gasteiger partial charge in [0.1, 0.15) is 0 Å². The number of anilines is 1. The summed E-state index contributed by atoms with van der Waals surface area (Å²) < 4.78 is 0. The first-order chi connectivity index (χ1) is 8.72. The van der Waals surface area contributed by atoms with Crippen LogP contribution in [0.15, 0.2) is 24.3 Å². The number of carbonyl (C=O) groups is 1. The van der Waals surface area contributed by atoms with E-state index in [-0.39, 0.29) is 6.03 Å². The first kappa shape index (κ1) is 11.5. The zero-order valence-electron chi connectivity index (χ0n) is 10.6. The summed E-state index contributed by atoms with van der Waals surface area (Å²) in [7, 11) is 0. The number of amides is 2. The molecule has 1 aromatic rings. The Kier molecular flexibility index (Phi) is 2.96. The Morgan fingerprint density at radius 1 is 1.33 bits per heavy atom. The maximum absolute atomic E-state index is 12.2. The number of hydrogen-bond donors (Lipinski definition) is 2. The van der Waals surface area contributed by atoms with E-state index in [1.165, 1.54) is 0 Å². The number of carbonyl (C=O) groups excluding carboxylic acids is 1. The van der Waals surface area contributed by atoms with Crippen molar-refractivity contribution in [2.45, 2.75) is 6.92 Å². The molecule has 4 nitrogen and oxygen atoms in total. The number of aryl methyl sites for hydroxylation is 1. The van der Waals surface area contributed by atoms with E-state index < -0.39 is 0 Å². The van der Waals surface area contributed by atoms with Crippen molar-refractivity contribution in [3.63, 3.8) is 0 Å². The quantitative estimate of drug-likeness (QED) is 0.790. The minimum atomic E-state index is 0.0370. The zero-order valence-corrected chi connectivity index (χ0v) is 10.6. The minimum absolute atomic E-state index is 0.0370. The highest BCUT2D eigenvalue weighted by atomic mass is 16.2. The molecule has 2 aliphatic heterocycles. The Labute approximate surface area is 107 Å². The summed E-state index contributed by atoms with van der Waals surface area (Å²) in [5, 5.41) is 6.36. The monoisotopic (exact) mass is 245 g/mol. The summed E-state index contributed by atoms with van der Waals surface area (Å²) in [6.07, 6.45) is 0. The highest BCUT2D eigenvalue weighted by Crippen LogP contribution is 2.26. The van der Waals surface area contributed by atoms with Gasteiger partial charge in [-0.2, -0.15) is 0 Å². The van der Waals surface area contributed by atoms with E-state index in [0.717, 1.165) is 37.4 Å². The molecule has 3 rings (SSSR count). The number of benzene rings is 1. The topological polar surface area (TPSA) is 44.4 Å². The fraction of sp³-hybridized carbons (Fsp3) is 0.500. The Hall–Kier alpha value is -1.55. The van der Waals surface area contributed by atoms with Crippen molar-refractivity contribution in [3.05, 3.63) is 29.8 Å².